The fourth-order valence-corrected chi connectivity index (χ4v) is 2.87. The van der Waals surface area contributed by atoms with Crippen molar-refractivity contribution >= 4 is 5.94 Å². The lowest BCUT2D eigenvalue weighted by molar-refractivity contribution is 0.335. The molecule has 0 N–H and O–H groups in total. The normalized spacial score (nSPS) is 9.78. The lowest BCUT2D eigenvalue weighted by Crippen LogP contribution is -2.19. The molecule has 0 atom stereocenters. The summed E-state index contributed by atoms with van der Waals surface area (Å²) in [5.41, 5.74) is 5.58. The Labute approximate surface area is 199 Å². The predicted molar refractivity (Wildman–Crippen MR) is 144 cm³/mol. The number of benzene rings is 2. The zero-order valence-corrected chi connectivity index (χ0v) is 22.0. The molecule has 2 aromatic carbocycles. The third-order valence-electron chi connectivity index (χ3n) is 4.48. The molecule has 32 heavy (non-hydrogen) atoms. The fourth-order valence-electron chi connectivity index (χ4n) is 2.87. The van der Waals surface area contributed by atoms with E-state index < -0.39 is 0 Å². The molecule has 0 spiro atoms. The molecule has 178 valence electrons. The van der Waals surface area contributed by atoms with E-state index in [0.29, 0.717) is 0 Å². The summed E-state index contributed by atoms with van der Waals surface area (Å²) in [5.74, 6) is 1.25. The maximum Gasteiger partial charge on any atom is 0.116 e. The van der Waals surface area contributed by atoms with Crippen LogP contribution in [0.4, 0.5) is 0 Å². The number of nitrogens with zero attached hydrogens (tertiary/aromatic N) is 1. The summed E-state index contributed by atoms with van der Waals surface area (Å²) in [6.45, 7) is 24.3. The highest BCUT2D eigenvalue weighted by molar-refractivity contribution is 5.38. The van der Waals surface area contributed by atoms with E-state index in [1.807, 2.05) is 13.0 Å². The molecule has 0 bridgehead atoms. The van der Waals surface area contributed by atoms with E-state index in [9.17, 15) is 0 Å². The molecule has 0 heterocycles. The summed E-state index contributed by atoms with van der Waals surface area (Å²) in [6, 6.07) is 19.1. The predicted octanol–water partition coefficient (Wildman–Crippen LogP) is 7.84. The van der Waals surface area contributed by atoms with Crippen LogP contribution >= 0.6 is 0 Å². The molecule has 0 aliphatic carbocycles. The number of hydrogen-bond donors (Lipinski definition) is 0. The first-order chi connectivity index (χ1) is 15.0. The Kier molecular flexibility index (Phi) is 19.2. The maximum atomic E-state index is 8.57. The van der Waals surface area contributed by atoms with Crippen molar-refractivity contribution in [2.24, 2.45) is 0 Å². The first kappa shape index (κ1) is 31.8. The van der Waals surface area contributed by atoms with Gasteiger partial charge in [-0.2, -0.15) is 0 Å². The van der Waals surface area contributed by atoms with Gasteiger partial charge in [0.15, 0.2) is 0 Å². The number of carbonyl (C=O) groups excluding carboxylic acids is 1. The van der Waals surface area contributed by atoms with E-state index in [4.69, 9.17) is 4.79 Å². The minimum Gasteiger partial charge on any atom is -0.306 e. The fraction of sp³-hybridized carbons (Fsp3) is 0.467. The molecule has 2 aromatic rings. The highest BCUT2D eigenvalue weighted by Gasteiger charge is 2.11. The average molecular weight is 438 g/mol. The Morgan fingerprint density at radius 1 is 0.938 bits per heavy atom. The summed E-state index contributed by atoms with van der Waals surface area (Å²) >= 11 is 0. The number of allylic oxidation sites excluding steroid dienone is 1. The van der Waals surface area contributed by atoms with E-state index in [2.05, 4.69) is 115 Å². The molecule has 0 fully saturated rings. The van der Waals surface area contributed by atoms with Gasteiger partial charge in [0, 0.05) is 0 Å². The van der Waals surface area contributed by atoms with Crippen molar-refractivity contribution in [2.45, 2.75) is 73.1 Å². The van der Waals surface area contributed by atoms with Gasteiger partial charge in [0.2, 0.25) is 0 Å². The Hall–Kier alpha value is -2.41. The van der Waals surface area contributed by atoms with Crippen LogP contribution in [0.5, 0.6) is 0 Å². The quantitative estimate of drug-likeness (QED) is 0.339. The molecule has 0 aliphatic heterocycles. The zero-order valence-electron chi connectivity index (χ0n) is 22.0. The van der Waals surface area contributed by atoms with E-state index in [1.54, 1.807) is 0 Å². The summed E-state index contributed by atoms with van der Waals surface area (Å²) < 4.78 is 0. The second kappa shape index (κ2) is 19.3. The van der Waals surface area contributed by atoms with Gasteiger partial charge in [-0.05, 0) is 76.4 Å². The van der Waals surface area contributed by atoms with Gasteiger partial charge in [-0.1, -0.05) is 107 Å². The van der Waals surface area contributed by atoms with E-state index in [0.717, 1.165) is 6.42 Å². The van der Waals surface area contributed by atoms with Crippen molar-refractivity contribution in [3.8, 4) is 0 Å². The van der Waals surface area contributed by atoms with Crippen LogP contribution in [0.25, 0.3) is 0 Å². The van der Waals surface area contributed by atoms with Gasteiger partial charge >= 0.3 is 0 Å². The topological polar surface area (TPSA) is 20.3 Å². The number of aryl methyl sites for hydroxylation is 1. The molecule has 0 saturated carbocycles. The number of rotatable bonds is 6. The molecular formula is C30H47NO. The summed E-state index contributed by atoms with van der Waals surface area (Å²) in [7, 11) is 2.17. The van der Waals surface area contributed by atoms with Crippen LogP contribution in [0.15, 0.2) is 73.3 Å². The van der Waals surface area contributed by atoms with Crippen molar-refractivity contribution in [3.63, 3.8) is 0 Å². The third-order valence-corrected chi connectivity index (χ3v) is 4.48. The molecule has 2 nitrogen and oxygen atoms in total. The summed E-state index contributed by atoms with van der Waals surface area (Å²) in [6.07, 6.45) is 3.55. The minimum absolute atomic E-state index is 0.285. The Bertz CT molecular complexity index is 727. The summed E-state index contributed by atoms with van der Waals surface area (Å²) in [5, 5.41) is 0. The molecule has 0 aliphatic rings. The monoisotopic (exact) mass is 437 g/mol. The van der Waals surface area contributed by atoms with Gasteiger partial charge < -0.3 is 4.90 Å². The smallest absolute Gasteiger partial charge is 0.116 e. The van der Waals surface area contributed by atoms with E-state index in [-0.39, 0.29) is 5.41 Å². The van der Waals surface area contributed by atoms with Crippen LogP contribution in [-0.2, 0) is 16.6 Å². The largest absolute Gasteiger partial charge is 0.306 e. The van der Waals surface area contributed by atoms with Crippen LogP contribution in [0.3, 0.4) is 0 Å². The Balaban J connectivity index is 0. The molecule has 0 saturated heterocycles. The van der Waals surface area contributed by atoms with E-state index >= 15 is 0 Å². The van der Waals surface area contributed by atoms with Crippen molar-refractivity contribution in [1.29, 1.82) is 0 Å². The molecule has 0 amide bonds. The molecule has 0 unspecified atom stereocenters. The lowest BCUT2D eigenvalue weighted by Gasteiger charge is -2.18. The lowest BCUT2D eigenvalue weighted by atomic mass is 9.87. The standard InChI is InChI=1S/C11H16.C10H12.C7H17N.C2H2O/c1-9-5-7-10(8-6-9)11(2,3)4;1-9(2)8-10-6-4-3-5-7-10;1-4-6-8(3)7-5-2;1-2-3/h5-8H,1-4H3;3-7H,1,8H2,2H3;4-7H2,1-3H3;1H2. The zero-order chi connectivity index (χ0) is 25.0. The Morgan fingerprint density at radius 3 is 1.72 bits per heavy atom. The maximum absolute atomic E-state index is 8.57. The first-order valence-electron chi connectivity index (χ1n) is 11.6. The first-order valence-corrected chi connectivity index (χ1v) is 11.6. The van der Waals surface area contributed by atoms with Crippen molar-refractivity contribution in [3.05, 3.63) is 90.0 Å². The second-order valence-corrected chi connectivity index (χ2v) is 9.18. The van der Waals surface area contributed by atoms with Crippen LogP contribution < -0.4 is 0 Å². The minimum atomic E-state index is 0.285. The highest BCUT2D eigenvalue weighted by Crippen LogP contribution is 2.21. The van der Waals surface area contributed by atoms with Crippen LogP contribution in [0.1, 0.15) is 71.1 Å². The SMILES string of the molecule is C=C(C)Cc1ccccc1.C=C=O.CCCN(C)CCC.Cc1ccc(C(C)(C)C)cc1. The van der Waals surface area contributed by atoms with Crippen molar-refractivity contribution < 1.29 is 4.79 Å². The summed E-state index contributed by atoms with van der Waals surface area (Å²) in [4.78, 5) is 10.9. The Morgan fingerprint density at radius 2 is 1.38 bits per heavy atom. The van der Waals surface area contributed by atoms with Gasteiger partial charge in [-0.15, -0.1) is 0 Å². The molecular weight excluding hydrogens is 390 g/mol. The van der Waals surface area contributed by atoms with Crippen LogP contribution in [0.2, 0.25) is 0 Å². The van der Waals surface area contributed by atoms with Gasteiger partial charge in [-0.25, -0.2) is 4.79 Å². The van der Waals surface area contributed by atoms with Crippen molar-refractivity contribution in [1.82, 2.24) is 4.90 Å². The van der Waals surface area contributed by atoms with Crippen molar-refractivity contribution in [2.75, 3.05) is 20.1 Å². The molecule has 0 aromatic heterocycles. The third kappa shape index (κ3) is 19.5. The average Bonchev–Trinajstić information content (AvgIpc) is 2.70. The number of hydrogen-bond acceptors (Lipinski definition) is 2. The van der Waals surface area contributed by atoms with Gasteiger partial charge in [0.25, 0.3) is 0 Å². The van der Waals surface area contributed by atoms with Gasteiger partial charge in [0.1, 0.15) is 5.94 Å². The van der Waals surface area contributed by atoms with E-state index in [1.165, 1.54) is 54.1 Å². The molecule has 2 rings (SSSR count). The van der Waals surface area contributed by atoms with Crippen LogP contribution in [-0.4, -0.2) is 31.0 Å². The van der Waals surface area contributed by atoms with Gasteiger partial charge in [0.05, 0.1) is 0 Å². The second-order valence-electron chi connectivity index (χ2n) is 9.18. The molecule has 2 heteroatoms. The van der Waals surface area contributed by atoms with Gasteiger partial charge in [-0.3, -0.25) is 0 Å². The van der Waals surface area contributed by atoms with Crippen LogP contribution in [0, 0.1) is 6.92 Å². The molecule has 0 radical (unpaired) electrons. The highest BCUT2D eigenvalue weighted by atomic mass is 16.1.